The first kappa shape index (κ1) is 10.5. The standard InChI is InChI=1S/C5H8N2O5/c6-11-4(9)2-1-3(8)5(10)12-7/h1-2,6-7H2. The van der Waals surface area contributed by atoms with Crippen molar-refractivity contribution in [3.05, 3.63) is 0 Å². The summed E-state index contributed by atoms with van der Waals surface area (Å²) in [6.45, 7) is 0. The van der Waals surface area contributed by atoms with Crippen LogP contribution in [0.1, 0.15) is 12.8 Å². The summed E-state index contributed by atoms with van der Waals surface area (Å²) in [5.41, 5.74) is 0. The van der Waals surface area contributed by atoms with E-state index >= 15 is 0 Å². The summed E-state index contributed by atoms with van der Waals surface area (Å²) in [6, 6.07) is 0. The number of hydrogen-bond donors (Lipinski definition) is 2. The van der Waals surface area contributed by atoms with Crippen molar-refractivity contribution in [3.8, 4) is 0 Å². The van der Waals surface area contributed by atoms with Crippen LogP contribution in [-0.2, 0) is 24.1 Å². The predicted octanol–water partition coefficient (Wildman–Crippen LogP) is -1.83. The lowest BCUT2D eigenvalue weighted by molar-refractivity contribution is -0.155. The molecule has 0 aromatic heterocycles. The van der Waals surface area contributed by atoms with Crippen LogP contribution in [0.15, 0.2) is 0 Å². The number of Topliss-reactive ketones (excluding diaryl/α,β-unsaturated/α-hetero) is 1. The third-order valence-corrected chi connectivity index (χ3v) is 1.02. The van der Waals surface area contributed by atoms with E-state index in [4.69, 9.17) is 0 Å². The van der Waals surface area contributed by atoms with Crippen LogP contribution in [0.3, 0.4) is 0 Å². The van der Waals surface area contributed by atoms with Gasteiger partial charge in [0.2, 0.25) is 5.78 Å². The van der Waals surface area contributed by atoms with Crippen molar-refractivity contribution in [2.24, 2.45) is 11.8 Å². The van der Waals surface area contributed by atoms with Crippen molar-refractivity contribution in [2.75, 3.05) is 0 Å². The van der Waals surface area contributed by atoms with Gasteiger partial charge in [-0.15, -0.1) is 0 Å². The highest BCUT2D eigenvalue weighted by Gasteiger charge is 2.16. The Bertz CT molecular complexity index is 202. The highest BCUT2D eigenvalue weighted by Crippen LogP contribution is 1.93. The molecular formula is C5H8N2O5. The zero-order valence-electron chi connectivity index (χ0n) is 6.11. The molecule has 7 nitrogen and oxygen atoms in total. The van der Waals surface area contributed by atoms with E-state index in [9.17, 15) is 14.4 Å². The molecule has 0 bridgehead atoms. The van der Waals surface area contributed by atoms with E-state index < -0.39 is 17.7 Å². The zero-order chi connectivity index (χ0) is 9.56. The first-order valence-electron chi connectivity index (χ1n) is 2.95. The third-order valence-electron chi connectivity index (χ3n) is 1.02. The monoisotopic (exact) mass is 176 g/mol. The largest absolute Gasteiger partial charge is 0.393 e. The van der Waals surface area contributed by atoms with Crippen molar-refractivity contribution in [3.63, 3.8) is 0 Å². The fourth-order valence-corrected chi connectivity index (χ4v) is 0.442. The van der Waals surface area contributed by atoms with E-state index in [2.05, 4.69) is 21.5 Å². The molecule has 0 aromatic carbocycles. The normalized spacial score (nSPS) is 8.83. The zero-order valence-corrected chi connectivity index (χ0v) is 6.11. The molecule has 0 aliphatic rings. The van der Waals surface area contributed by atoms with Crippen LogP contribution in [0, 0.1) is 0 Å². The van der Waals surface area contributed by atoms with Crippen molar-refractivity contribution >= 4 is 17.7 Å². The lowest BCUT2D eigenvalue weighted by atomic mass is 10.2. The Labute approximate surface area is 67.5 Å². The quantitative estimate of drug-likeness (QED) is 0.381. The number of carbonyl (C=O) groups excluding carboxylic acids is 3. The molecule has 0 amide bonds. The fraction of sp³-hybridized carbons (Fsp3) is 0.400. The van der Waals surface area contributed by atoms with Crippen LogP contribution >= 0.6 is 0 Å². The van der Waals surface area contributed by atoms with Gasteiger partial charge in [-0.1, -0.05) is 0 Å². The third kappa shape index (κ3) is 3.64. The molecule has 0 radical (unpaired) electrons. The minimum absolute atomic E-state index is 0.273. The summed E-state index contributed by atoms with van der Waals surface area (Å²) < 4.78 is 0. The van der Waals surface area contributed by atoms with Gasteiger partial charge in [0, 0.05) is 6.42 Å². The van der Waals surface area contributed by atoms with E-state index in [1.807, 2.05) is 0 Å². The van der Waals surface area contributed by atoms with Crippen molar-refractivity contribution < 1.29 is 24.1 Å². The van der Waals surface area contributed by atoms with E-state index in [0.717, 1.165) is 0 Å². The second-order valence-corrected chi connectivity index (χ2v) is 1.82. The molecule has 12 heavy (non-hydrogen) atoms. The Morgan fingerprint density at radius 2 is 1.58 bits per heavy atom. The van der Waals surface area contributed by atoms with E-state index in [-0.39, 0.29) is 12.8 Å². The van der Waals surface area contributed by atoms with Gasteiger partial charge in [-0.2, -0.15) is 11.8 Å². The molecule has 0 saturated heterocycles. The van der Waals surface area contributed by atoms with Crippen molar-refractivity contribution in [2.45, 2.75) is 12.8 Å². The predicted molar refractivity (Wildman–Crippen MR) is 34.8 cm³/mol. The van der Waals surface area contributed by atoms with Crippen molar-refractivity contribution in [1.29, 1.82) is 0 Å². The van der Waals surface area contributed by atoms with Crippen LogP contribution in [-0.4, -0.2) is 17.7 Å². The van der Waals surface area contributed by atoms with E-state index in [0.29, 0.717) is 0 Å². The van der Waals surface area contributed by atoms with Gasteiger partial charge in [-0.25, -0.2) is 4.79 Å². The number of nitrogens with two attached hydrogens (primary N) is 2. The molecule has 0 saturated carbocycles. The second-order valence-electron chi connectivity index (χ2n) is 1.82. The van der Waals surface area contributed by atoms with Gasteiger partial charge in [-0.3, -0.25) is 9.59 Å². The summed E-state index contributed by atoms with van der Waals surface area (Å²) in [6.07, 6.45) is -0.601. The Morgan fingerprint density at radius 1 is 1.00 bits per heavy atom. The molecule has 0 atom stereocenters. The van der Waals surface area contributed by atoms with Crippen molar-refractivity contribution in [1.82, 2.24) is 0 Å². The molecule has 0 rings (SSSR count). The molecule has 0 unspecified atom stereocenters. The van der Waals surface area contributed by atoms with Gasteiger partial charge < -0.3 is 9.68 Å². The summed E-state index contributed by atoms with van der Waals surface area (Å²) in [5.74, 6) is 5.99. The van der Waals surface area contributed by atoms with Gasteiger partial charge >= 0.3 is 11.9 Å². The van der Waals surface area contributed by atoms with Gasteiger partial charge in [0.1, 0.15) is 0 Å². The molecule has 0 heterocycles. The Kier molecular flexibility index (Phi) is 4.58. The molecule has 4 N–H and O–H groups in total. The first-order valence-corrected chi connectivity index (χ1v) is 2.95. The molecule has 68 valence electrons. The van der Waals surface area contributed by atoms with Gasteiger partial charge in [0.25, 0.3) is 0 Å². The van der Waals surface area contributed by atoms with Gasteiger partial charge in [-0.05, 0) is 0 Å². The Hall–Kier alpha value is -1.47. The molecule has 0 fully saturated rings. The lowest BCUT2D eigenvalue weighted by Crippen LogP contribution is -2.22. The molecular weight excluding hydrogens is 168 g/mol. The van der Waals surface area contributed by atoms with Gasteiger partial charge in [0.05, 0.1) is 6.42 Å². The Morgan fingerprint density at radius 3 is 2.00 bits per heavy atom. The van der Waals surface area contributed by atoms with E-state index in [1.54, 1.807) is 0 Å². The topological polar surface area (TPSA) is 122 Å². The smallest absolute Gasteiger partial charge is 0.373 e. The maximum absolute atomic E-state index is 10.6. The molecule has 7 heteroatoms. The average Bonchev–Trinajstić information content (AvgIpc) is 2.11. The number of ketones is 1. The van der Waals surface area contributed by atoms with Crippen LogP contribution in [0.2, 0.25) is 0 Å². The summed E-state index contributed by atoms with van der Waals surface area (Å²) in [4.78, 5) is 38.6. The summed E-state index contributed by atoms with van der Waals surface area (Å²) in [7, 11) is 0. The van der Waals surface area contributed by atoms with Crippen LogP contribution in [0.4, 0.5) is 0 Å². The minimum atomic E-state index is -1.19. The lowest BCUT2D eigenvalue weighted by Gasteiger charge is -1.96. The van der Waals surface area contributed by atoms with E-state index in [1.165, 1.54) is 0 Å². The first-order chi connectivity index (χ1) is 5.61. The Balaban J connectivity index is 3.72. The highest BCUT2D eigenvalue weighted by molar-refractivity contribution is 6.33. The SMILES string of the molecule is NOC(=O)CCC(=O)C(=O)ON. The molecule has 0 aromatic rings. The number of rotatable bonds is 4. The highest BCUT2D eigenvalue weighted by atomic mass is 16.7. The molecule has 0 spiro atoms. The number of hydrogen-bond acceptors (Lipinski definition) is 7. The number of carbonyl (C=O) groups is 3. The molecule has 0 aliphatic heterocycles. The van der Waals surface area contributed by atoms with Gasteiger partial charge in [0.15, 0.2) is 0 Å². The fourth-order valence-electron chi connectivity index (χ4n) is 0.442. The van der Waals surface area contributed by atoms with Crippen LogP contribution in [0.25, 0.3) is 0 Å². The maximum Gasteiger partial charge on any atom is 0.393 e. The van der Waals surface area contributed by atoms with Crippen LogP contribution in [0.5, 0.6) is 0 Å². The molecule has 0 aliphatic carbocycles. The summed E-state index contributed by atoms with van der Waals surface area (Å²) >= 11 is 0. The average molecular weight is 176 g/mol. The summed E-state index contributed by atoms with van der Waals surface area (Å²) in [5, 5.41) is 0. The minimum Gasteiger partial charge on any atom is -0.373 e. The second kappa shape index (κ2) is 5.22. The van der Waals surface area contributed by atoms with Crippen LogP contribution < -0.4 is 11.8 Å². The maximum atomic E-state index is 10.6.